The second-order valence-electron chi connectivity index (χ2n) is 7.95. The van der Waals surface area contributed by atoms with E-state index in [1.807, 2.05) is 19.1 Å². The van der Waals surface area contributed by atoms with Crippen LogP contribution >= 0.6 is 0 Å². The first-order valence-corrected chi connectivity index (χ1v) is 12.6. The maximum Gasteiger partial charge on any atom is 0.573 e. The summed E-state index contributed by atoms with van der Waals surface area (Å²) >= 11 is 0. The van der Waals surface area contributed by atoms with Crippen LogP contribution in [0, 0.1) is 6.92 Å². The first-order valence-electron chi connectivity index (χ1n) is 10.7. The van der Waals surface area contributed by atoms with Gasteiger partial charge in [0.05, 0.1) is 18.5 Å². The Hall–Kier alpha value is -3.97. The quantitative estimate of drug-likeness (QED) is 0.258. The summed E-state index contributed by atoms with van der Waals surface area (Å²) in [6.45, 7) is 1.49. The van der Waals surface area contributed by atoms with E-state index in [9.17, 15) is 26.4 Å². The molecular formula is C24H24F3N3O6S. The van der Waals surface area contributed by atoms with Crippen molar-refractivity contribution in [2.24, 2.45) is 0 Å². The summed E-state index contributed by atoms with van der Waals surface area (Å²) in [5, 5.41) is 11.9. The Kier molecular flexibility index (Phi) is 8.50. The van der Waals surface area contributed by atoms with Gasteiger partial charge in [-0.2, -0.15) is 0 Å². The van der Waals surface area contributed by atoms with Crippen LogP contribution in [0.4, 0.5) is 24.5 Å². The predicted molar refractivity (Wildman–Crippen MR) is 130 cm³/mol. The highest BCUT2D eigenvalue weighted by atomic mass is 32.2. The zero-order chi connectivity index (χ0) is 27.2. The minimum Gasteiger partial charge on any atom is -0.457 e. The van der Waals surface area contributed by atoms with Crippen molar-refractivity contribution in [3.05, 3.63) is 78.4 Å². The van der Waals surface area contributed by atoms with Crippen molar-refractivity contribution >= 4 is 27.3 Å². The predicted octanol–water partition coefficient (Wildman–Crippen LogP) is 4.44. The molecule has 0 aliphatic heterocycles. The molecular weight excluding hydrogens is 515 g/mol. The second-order valence-corrected chi connectivity index (χ2v) is 9.86. The third-order valence-corrected chi connectivity index (χ3v) is 6.15. The molecule has 3 aromatic rings. The van der Waals surface area contributed by atoms with E-state index in [1.165, 1.54) is 29.7 Å². The zero-order valence-electron chi connectivity index (χ0n) is 19.7. The molecule has 198 valence electrons. The maximum atomic E-state index is 12.6. The first kappa shape index (κ1) is 27.6. The molecule has 0 saturated heterocycles. The number of hydrogen-bond donors (Lipinski definition) is 3. The van der Waals surface area contributed by atoms with Crippen molar-refractivity contribution < 1.29 is 41.1 Å². The summed E-state index contributed by atoms with van der Waals surface area (Å²) in [5.41, 5.74) is 2.91. The van der Waals surface area contributed by atoms with E-state index in [4.69, 9.17) is 9.94 Å². The van der Waals surface area contributed by atoms with Gasteiger partial charge in [0.2, 0.25) is 10.0 Å². The Balaban J connectivity index is 1.79. The van der Waals surface area contributed by atoms with Gasteiger partial charge in [0.25, 0.3) is 5.91 Å². The number of nitrogens with zero attached hydrogens (tertiary/aromatic N) is 1. The number of halogens is 3. The van der Waals surface area contributed by atoms with Crippen LogP contribution in [-0.2, 0) is 14.8 Å². The number of carbonyl (C=O) groups excluding carboxylic acids is 1. The van der Waals surface area contributed by atoms with Crippen LogP contribution in [0.15, 0.2) is 72.8 Å². The van der Waals surface area contributed by atoms with Gasteiger partial charge in [0, 0.05) is 5.69 Å². The highest BCUT2D eigenvalue weighted by Crippen LogP contribution is 2.27. The molecule has 0 saturated carbocycles. The van der Waals surface area contributed by atoms with Crippen molar-refractivity contribution in [2.45, 2.75) is 19.3 Å². The number of nitrogens with one attached hydrogen (secondary N) is 2. The molecule has 1 atom stereocenters. The second kappa shape index (κ2) is 11.4. The number of benzene rings is 3. The number of rotatable bonds is 10. The fraction of sp³-hybridized carbons (Fsp3) is 0.208. The topological polar surface area (TPSA) is 117 Å². The fourth-order valence-corrected chi connectivity index (χ4v) is 4.17. The summed E-state index contributed by atoms with van der Waals surface area (Å²) in [4.78, 5) is 12.3. The lowest BCUT2D eigenvalue weighted by Crippen LogP contribution is -2.48. The van der Waals surface area contributed by atoms with E-state index in [2.05, 4.69) is 10.1 Å². The van der Waals surface area contributed by atoms with Crippen LogP contribution < -0.4 is 24.6 Å². The lowest BCUT2D eigenvalue weighted by atomic mass is 10.2. The van der Waals surface area contributed by atoms with Gasteiger partial charge in [-0.25, -0.2) is 13.9 Å². The van der Waals surface area contributed by atoms with Crippen LogP contribution in [0.25, 0.3) is 0 Å². The third-order valence-electron chi connectivity index (χ3n) is 4.99. The Morgan fingerprint density at radius 3 is 1.95 bits per heavy atom. The van der Waals surface area contributed by atoms with Gasteiger partial charge in [-0.05, 0) is 67.6 Å². The monoisotopic (exact) mass is 539 g/mol. The number of ether oxygens (including phenoxy) is 2. The molecule has 0 heterocycles. The van der Waals surface area contributed by atoms with E-state index >= 15 is 0 Å². The number of amides is 1. The number of alkyl halides is 3. The van der Waals surface area contributed by atoms with E-state index < -0.39 is 40.6 Å². The Bertz CT molecular complexity index is 1300. The van der Waals surface area contributed by atoms with Crippen molar-refractivity contribution in [1.29, 1.82) is 0 Å². The van der Waals surface area contributed by atoms with Crippen molar-refractivity contribution in [3.8, 4) is 17.2 Å². The number of sulfonamides is 1. The molecule has 0 aromatic heterocycles. The van der Waals surface area contributed by atoms with Gasteiger partial charge in [-0.15, -0.1) is 13.2 Å². The van der Waals surface area contributed by atoms with Crippen LogP contribution in [0.3, 0.4) is 0 Å². The summed E-state index contributed by atoms with van der Waals surface area (Å²) in [6.07, 6.45) is -3.92. The van der Waals surface area contributed by atoms with Gasteiger partial charge in [0.1, 0.15) is 23.3 Å². The van der Waals surface area contributed by atoms with Gasteiger partial charge < -0.3 is 14.8 Å². The number of hydroxylamine groups is 1. The average Bonchev–Trinajstić information content (AvgIpc) is 2.83. The lowest BCUT2D eigenvalue weighted by molar-refractivity contribution is -0.274. The molecule has 1 unspecified atom stereocenters. The molecule has 3 rings (SSSR count). The average molecular weight is 540 g/mol. The molecule has 0 aliphatic carbocycles. The zero-order valence-corrected chi connectivity index (χ0v) is 20.5. The van der Waals surface area contributed by atoms with Gasteiger partial charge in [0.15, 0.2) is 0 Å². The highest BCUT2D eigenvalue weighted by molar-refractivity contribution is 7.92. The van der Waals surface area contributed by atoms with E-state index in [0.717, 1.165) is 28.3 Å². The van der Waals surface area contributed by atoms with Crippen LogP contribution in [0.5, 0.6) is 17.2 Å². The minimum atomic E-state index is -4.87. The number of anilines is 2. The van der Waals surface area contributed by atoms with Crippen LogP contribution in [0.1, 0.15) is 5.56 Å². The Morgan fingerprint density at radius 2 is 1.46 bits per heavy atom. The Morgan fingerprint density at radius 1 is 0.946 bits per heavy atom. The Labute approximate surface area is 211 Å². The highest BCUT2D eigenvalue weighted by Gasteiger charge is 2.31. The summed E-state index contributed by atoms with van der Waals surface area (Å²) in [6, 6.07) is 16.6. The summed E-state index contributed by atoms with van der Waals surface area (Å²) < 4.78 is 72.8. The number of hydrogen-bond acceptors (Lipinski definition) is 7. The molecule has 0 fully saturated rings. The largest absolute Gasteiger partial charge is 0.573 e. The first-order chi connectivity index (χ1) is 17.3. The SMILES string of the molecule is Cc1ccc(Oc2ccc(N(CC(Nc3ccc(OC(F)(F)F)cc3)C(=O)NO)S(C)(=O)=O)cc2)cc1. The van der Waals surface area contributed by atoms with E-state index in [1.54, 1.807) is 24.3 Å². The molecule has 0 spiro atoms. The van der Waals surface area contributed by atoms with Crippen molar-refractivity contribution in [3.63, 3.8) is 0 Å². The lowest BCUT2D eigenvalue weighted by Gasteiger charge is -2.27. The molecule has 0 aliphatic rings. The molecule has 0 radical (unpaired) electrons. The summed E-state index contributed by atoms with van der Waals surface area (Å²) in [5.74, 6) is -0.408. The number of aryl methyl sites for hydroxylation is 1. The number of carbonyl (C=O) groups is 1. The van der Waals surface area contributed by atoms with Gasteiger partial charge in [-0.3, -0.25) is 14.3 Å². The molecule has 9 nitrogen and oxygen atoms in total. The molecule has 3 aromatic carbocycles. The summed E-state index contributed by atoms with van der Waals surface area (Å²) in [7, 11) is -3.90. The van der Waals surface area contributed by atoms with Crippen molar-refractivity contribution in [2.75, 3.05) is 22.4 Å². The smallest absolute Gasteiger partial charge is 0.457 e. The van der Waals surface area contributed by atoms with Crippen LogP contribution in [-0.4, -0.2) is 44.7 Å². The van der Waals surface area contributed by atoms with E-state index in [0.29, 0.717) is 11.5 Å². The standard InChI is InChI=1S/C24H24F3N3O6S/c1-16-3-9-19(10-4-16)35-20-13-7-18(8-14-20)30(37(2,33)34)15-22(23(31)29-32)28-17-5-11-21(12-6-17)36-24(25,26)27/h3-14,22,28,32H,15H2,1-2H3,(H,29,31). The maximum absolute atomic E-state index is 12.6. The van der Waals surface area contributed by atoms with Gasteiger partial charge in [-0.1, -0.05) is 17.7 Å². The molecule has 1 amide bonds. The third kappa shape index (κ3) is 8.29. The fourth-order valence-electron chi connectivity index (χ4n) is 3.25. The van der Waals surface area contributed by atoms with Crippen LogP contribution in [0.2, 0.25) is 0 Å². The minimum absolute atomic E-state index is 0.179. The van der Waals surface area contributed by atoms with Crippen molar-refractivity contribution in [1.82, 2.24) is 5.48 Å². The van der Waals surface area contributed by atoms with Gasteiger partial charge >= 0.3 is 6.36 Å². The normalized spacial score (nSPS) is 12.4. The van der Waals surface area contributed by atoms with E-state index in [-0.39, 0.29) is 11.4 Å². The molecule has 3 N–H and O–H groups in total. The molecule has 37 heavy (non-hydrogen) atoms. The molecule has 13 heteroatoms. The molecule has 0 bridgehead atoms.